The molecule has 1 N–H and O–H groups in total. The van der Waals surface area contributed by atoms with Gasteiger partial charge in [-0.2, -0.15) is 5.10 Å². The molecular weight excluding hydrogens is 452 g/mol. The van der Waals surface area contributed by atoms with Crippen molar-refractivity contribution in [2.45, 2.75) is 103 Å². The van der Waals surface area contributed by atoms with Crippen molar-refractivity contribution < 1.29 is 0 Å². The first-order valence-corrected chi connectivity index (χ1v) is 14.8. The molecule has 4 heteroatoms. The maximum Gasteiger partial charge on any atom is 0.126 e. The number of para-hydroxylation sites is 1. The van der Waals surface area contributed by atoms with Crippen LogP contribution in [-0.4, -0.2) is 21.8 Å². The van der Waals surface area contributed by atoms with E-state index < -0.39 is 0 Å². The fourth-order valence-corrected chi connectivity index (χ4v) is 6.07. The van der Waals surface area contributed by atoms with Crippen LogP contribution in [0.15, 0.2) is 65.9 Å². The maximum atomic E-state index is 5.02. The van der Waals surface area contributed by atoms with Crippen LogP contribution in [0, 0.1) is 0 Å². The van der Waals surface area contributed by atoms with Crippen LogP contribution in [0.2, 0.25) is 0 Å². The van der Waals surface area contributed by atoms with E-state index in [1.165, 1.54) is 105 Å². The molecule has 0 spiro atoms. The first-order chi connectivity index (χ1) is 18.3. The molecule has 2 aromatic heterocycles. The van der Waals surface area contributed by atoms with Crippen LogP contribution in [0.1, 0.15) is 96.0 Å². The number of aryl methyl sites for hydroxylation is 1. The molecule has 196 valence electrons. The van der Waals surface area contributed by atoms with Gasteiger partial charge in [0.05, 0.1) is 12.3 Å². The van der Waals surface area contributed by atoms with E-state index in [9.17, 15) is 0 Å². The van der Waals surface area contributed by atoms with Gasteiger partial charge >= 0.3 is 0 Å². The number of anilines is 1. The highest BCUT2D eigenvalue weighted by molar-refractivity contribution is 6.09. The van der Waals surface area contributed by atoms with Crippen LogP contribution in [0.3, 0.4) is 0 Å². The normalized spacial score (nSPS) is 14.8. The third-order valence-electron chi connectivity index (χ3n) is 8.11. The smallest absolute Gasteiger partial charge is 0.126 e. The largest absolute Gasteiger partial charge is 0.347 e. The summed E-state index contributed by atoms with van der Waals surface area (Å²) in [5.74, 6) is 1.09. The van der Waals surface area contributed by atoms with E-state index in [2.05, 4.69) is 82.3 Å². The molecule has 1 aliphatic rings. The second kappa shape index (κ2) is 13.0. The molecule has 2 aromatic carbocycles. The summed E-state index contributed by atoms with van der Waals surface area (Å²) in [7, 11) is 0. The van der Waals surface area contributed by atoms with Crippen molar-refractivity contribution in [2.24, 2.45) is 5.10 Å². The van der Waals surface area contributed by atoms with Crippen molar-refractivity contribution in [1.82, 2.24) is 9.55 Å². The summed E-state index contributed by atoms with van der Waals surface area (Å²) in [6, 6.07) is 20.4. The quantitative estimate of drug-likeness (QED) is 0.112. The summed E-state index contributed by atoms with van der Waals surface area (Å²) in [5, 5.41) is 9.92. The number of fused-ring (bicyclic) bond motifs is 3. The summed E-state index contributed by atoms with van der Waals surface area (Å²) >= 11 is 0. The number of nitrogens with zero attached hydrogens (tertiary/aromatic N) is 3. The molecule has 1 fully saturated rings. The average molecular weight is 497 g/mol. The van der Waals surface area contributed by atoms with Gasteiger partial charge in [0.2, 0.25) is 0 Å². The van der Waals surface area contributed by atoms with Crippen molar-refractivity contribution in [3.8, 4) is 0 Å². The second-order valence-corrected chi connectivity index (χ2v) is 10.9. The SMILES string of the molecule is CCCCCCCCCCn1c2ccccc2c2cc(/C=N\N(c3ccc[nH]3)C3CCCCC3)ccc21. The van der Waals surface area contributed by atoms with Crippen molar-refractivity contribution in [1.29, 1.82) is 0 Å². The number of nitrogens with one attached hydrogen (secondary N) is 1. The van der Waals surface area contributed by atoms with Gasteiger partial charge in [-0.3, -0.25) is 0 Å². The van der Waals surface area contributed by atoms with Crippen molar-refractivity contribution in [2.75, 3.05) is 5.01 Å². The van der Waals surface area contributed by atoms with E-state index in [0.717, 1.165) is 17.9 Å². The Bertz CT molecular complexity index is 1260. The van der Waals surface area contributed by atoms with Gasteiger partial charge in [-0.05, 0) is 55.2 Å². The Kier molecular flexibility index (Phi) is 9.00. The number of unbranched alkanes of at least 4 members (excludes halogenated alkanes) is 7. The molecule has 37 heavy (non-hydrogen) atoms. The van der Waals surface area contributed by atoms with Crippen LogP contribution in [0.5, 0.6) is 0 Å². The van der Waals surface area contributed by atoms with Gasteiger partial charge in [0.25, 0.3) is 0 Å². The van der Waals surface area contributed by atoms with E-state index in [0.29, 0.717) is 6.04 Å². The van der Waals surface area contributed by atoms with Crippen molar-refractivity contribution in [3.63, 3.8) is 0 Å². The zero-order valence-electron chi connectivity index (χ0n) is 22.7. The minimum Gasteiger partial charge on any atom is -0.347 e. The molecule has 5 rings (SSSR count). The highest BCUT2D eigenvalue weighted by Gasteiger charge is 2.21. The molecule has 1 aliphatic carbocycles. The molecule has 0 atom stereocenters. The summed E-state index contributed by atoms with van der Waals surface area (Å²) in [4.78, 5) is 3.38. The van der Waals surface area contributed by atoms with Crippen molar-refractivity contribution in [3.05, 3.63) is 66.4 Å². The van der Waals surface area contributed by atoms with Crippen LogP contribution in [0.4, 0.5) is 5.82 Å². The Hall–Kier alpha value is -3.01. The zero-order chi connectivity index (χ0) is 25.3. The summed E-state index contributed by atoms with van der Waals surface area (Å²) in [6.45, 7) is 3.38. The van der Waals surface area contributed by atoms with E-state index >= 15 is 0 Å². The third-order valence-corrected chi connectivity index (χ3v) is 8.11. The molecule has 0 saturated heterocycles. The Morgan fingerprint density at radius 3 is 2.38 bits per heavy atom. The van der Waals surface area contributed by atoms with Gasteiger partial charge < -0.3 is 9.55 Å². The first kappa shape index (κ1) is 25.6. The van der Waals surface area contributed by atoms with Crippen LogP contribution in [-0.2, 0) is 6.54 Å². The molecule has 0 amide bonds. The van der Waals surface area contributed by atoms with E-state index in [1.54, 1.807) is 0 Å². The van der Waals surface area contributed by atoms with Gasteiger partial charge in [0, 0.05) is 34.5 Å². The molecule has 4 nitrogen and oxygen atoms in total. The summed E-state index contributed by atoms with van der Waals surface area (Å²) in [5.41, 5.74) is 3.86. The van der Waals surface area contributed by atoms with E-state index in [1.807, 2.05) is 6.20 Å². The monoisotopic (exact) mass is 496 g/mol. The Balaban J connectivity index is 1.33. The molecule has 2 heterocycles. The highest BCUT2D eigenvalue weighted by atomic mass is 15.5. The number of hydrazone groups is 1. The number of benzene rings is 2. The fourth-order valence-electron chi connectivity index (χ4n) is 6.07. The molecule has 4 aromatic rings. The van der Waals surface area contributed by atoms with Crippen LogP contribution < -0.4 is 5.01 Å². The molecule has 0 unspecified atom stereocenters. The highest BCUT2D eigenvalue weighted by Crippen LogP contribution is 2.31. The lowest BCUT2D eigenvalue weighted by atomic mass is 9.95. The molecular formula is C33H44N4. The average Bonchev–Trinajstić information content (AvgIpc) is 3.58. The van der Waals surface area contributed by atoms with Gasteiger partial charge in [-0.25, -0.2) is 5.01 Å². The number of H-pyrrole nitrogens is 1. The first-order valence-electron chi connectivity index (χ1n) is 14.8. The lowest BCUT2D eigenvalue weighted by Gasteiger charge is -2.31. The van der Waals surface area contributed by atoms with Gasteiger partial charge in [0.1, 0.15) is 5.82 Å². The van der Waals surface area contributed by atoms with Gasteiger partial charge in [-0.15, -0.1) is 0 Å². The molecule has 1 saturated carbocycles. The van der Waals surface area contributed by atoms with E-state index in [-0.39, 0.29) is 0 Å². The molecule has 0 radical (unpaired) electrons. The molecule has 0 bridgehead atoms. The summed E-state index contributed by atoms with van der Waals surface area (Å²) < 4.78 is 2.54. The Morgan fingerprint density at radius 2 is 1.59 bits per heavy atom. The molecule has 0 aliphatic heterocycles. The number of rotatable bonds is 13. The maximum absolute atomic E-state index is 5.02. The Morgan fingerprint density at radius 1 is 0.838 bits per heavy atom. The topological polar surface area (TPSA) is 36.3 Å². The van der Waals surface area contributed by atoms with Crippen molar-refractivity contribution >= 4 is 33.8 Å². The number of aromatic nitrogens is 2. The fraction of sp³-hybridized carbons (Fsp3) is 0.485. The predicted octanol–water partition coefficient (Wildman–Crippen LogP) is 9.44. The lowest BCUT2D eigenvalue weighted by Crippen LogP contribution is -2.33. The number of hydrogen-bond donors (Lipinski definition) is 1. The standard InChI is InChI=1S/C33H44N4/c1-2-3-4-5-6-7-8-14-24-36-31-19-13-12-18-29(31)30-25-27(21-22-32(30)36)26-35-37(33-20-15-23-34-33)28-16-10-9-11-17-28/h12-13,15,18-23,25-26,28,34H,2-11,14,16-17,24H2,1H3/b35-26-. The van der Waals surface area contributed by atoms with Gasteiger partial charge in [-0.1, -0.05) is 95.4 Å². The minimum atomic E-state index is 0.473. The third kappa shape index (κ3) is 6.29. The van der Waals surface area contributed by atoms with Crippen LogP contribution >= 0.6 is 0 Å². The Labute approximate surface area is 222 Å². The van der Waals surface area contributed by atoms with E-state index in [4.69, 9.17) is 5.10 Å². The van der Waals surface area contributed by atoms with Gasteiger partial charge in [0.15, 0.2) is 0 Å². The number of aromatic amines is 1. The minimum absolute atomic E-state index is 0.473. The number of hydrogen-bond acceptors (Lipinski definition) is 2. The predicted molar refractivity (Wildman–Crippen MR) is 160 cm³/mol. The zero-order valence-corrected chi connectivity index (χ0v) is 22.7. The lowest BCUT2D eigenvalue weighted by molar-refractivity contribution is 0.417. The summed E-state index contributed by atoms with van der Waals surface area (Å²) in [6.07, 6.45) is 21.2. The van der Waals surface area contributed by atoms with Crippen LogP contribution in [0.25, 0.3) is 21.8 Å². The second-order valence-electron chi connectivity index (χ2n) is 10.9.